The van der Waals surface area contributed by atoms with E-state index in [0.29, 0.717) is 10.8 Å². The van der Waals surface area contributed by atoms with Crippen molar-refractivity contribution < 1.29 is 0 Å². The number of thioether (sulfide) groups is 1. The minimum atomic E-state index is 0.528. The van der Waals surface area contributed by atoms with Gasteiger partial charge in [0.2, 0.25) is 0 Å². The van der Waals surface area contributed by atoms with Gasteiger partial charge in [-0.25, -0.2) is 0 Å². The van der Waals surface area contributed by atoms with E-state index in [4.69, 9.17) is 0 Å². The molecule has 0 bridgehead atoms. The molecule has 72 valence electrons. The second-order valence-electron chi connectivity index (χ2n) is 4.95. The Kier molecular flexibility index (Phi) is 3.14. The first kappa shape index (κ1) is 10.4. The van der Waals surface area contributed by atoms with E-state index < -0.39 is 0 Å². The van der Waals surface area contributed by atoms with E-state index in [1.54, 1.807) is 0 Å². The molecule has 0 N–H and O–H groups in total. The molecule has 0 amide bonds. The summed E-state index contributed by atoms with van der Waals surface area (Å²) in [5.41, 5.74) is 1.12. The largest absolute Gasteiger partial charge is 0.161 e. The van der Waals surface area contributed by atoms with Crippen LogP contribution in [-0.4, -0.2) is 11.5 Å². The third-order valence-electron chi connectivity index (χ3n) is 3.96. The van der Waals surface area contributed by atoms with Crippen molar-refractivity contribution in [2.75, 3.05) is 11.5 Å². The highest BCUT2D eigenvalue weighted by Gasteiger charge is 2.40. The summed E-state index contributed by atoms with van der Waals surface area (Å²) < 4.78 is 0. The second-order valence-corrected chi connectivity index (χ2v) is 6.06. The van der Waals surface area contributed by atoms with Crippen molar-refractivity contribution in [1.82, 2.24) is 0 Å². The van der Waals surface area contributed by atoms with Crippen LogP contribution in [0, 0.1) is 10.8 Å². The molecule has 1 atom stereocenters. The highest BCUT2D eigenvalue weighted by atomic mass is 32.2. The van der Waals surface area contributed by atoms with Crippen LogP contribution in [0.3, 0.4) is 0 Å². The van der Waals surface area contributed by atoms with Gasteiger partial charge in [-0.15, -0.1) is 0 Å². The van der Waals surface area contributed by atoms with Crippen LogP contribution < -0.4 is 0 Å². The zero-order valence-electron chi connectivity index (χ0n) is 8.94. The Balaban J connectivity index is 2.68. The van der Waals surface area contributed by atoms with Gasteiger partial charge in [-0.1, -0.05) is 34.1 Å². The normalized spacial score (nSPS) is 32.0. The first-order valence-corrected chi connectivity index (χ1v) is 6.25. The molecule has 0 saturated carbocycles. The SMILES string of the molecule is CCC(C)(C)C1(C)CCCSC1. The van der Waals surface area contributed by atoms with Gasteiger partial charge in [0.15, 0.2) is 0 Å². The van der Waals surface area contributed by atoms with Crippen LogP contribution >= 0.6 is 11.8 Å². The van der Waals surface area contributed by atoms with Gasteiger partial charge >= 0.3 is 0 Å². The van der Waals surface area contributed by atoms with E-state index in [1.165, 1.54) is 30.8 Å². The lowest BCUT2D eigenvalue weighted by Crippen LogP contribution is -2.39. The van der Waals surface area contributed by atoms with Crippen molar-refractivity contribution in [1.29, 1.82) is 0 Å². The van der Waals surface area contributed by atoms with Gasteiger partial charge in [0.1, 0.15) is 0 Å². The Bertz CT molecular complexity index is 143. The van der Waals surface area contributed by atoms with Crippen molar-refractivity contribution in [2.24, 2.45) is 10.8 Å². The standard InChI is InChI=1S/C11H22S/c1-5-10(2,3)11(4)7-6-8-12-9-11/h5-9H2,1-4H3. The predicted octanol–water partition coefficient (Wildman–Crippen LogP) is 3.96. The minimum Gasteiger partial charge on any atom is -0.161 e. The fraction of sp³-hybridized carbons (Fsp3) is 1.00. The van der Waals surface area contributed by atoms with E-state index in [2.05, 4.69) is 39.5 Å². The Morgan fingerprint density at radius 3 is 2.50 bits per heavy atom. The maximum atomic E-state index is 2.47. The van der Waals surface area contributed by atoms with E-state index in [-0.39, 0.29) is 0 Å². The highest BCUT2D eigenvalue weighted by Crippen LogP contribution is 2.49. The van der Waals surface area contributed by atoms with Gasteiger partial charge in [-0.05, 0) is 35.2 Å². The fourth-order valence-corrected chi connectivity index (χ4v) is 3.37. The molecule has 0 aromatic carbocycles. The van der Waals surface area contributed by atoms with Crippen molar-refractivity contribution in [3.63, 3.8) is 0 Å². The van der Waals surface area contributed by atoms with Gasteiger partial charge in [0, 0.05) is 0 Å². The van der Waals surface area contributed by atoms with E-state index >= 15 is 0 Å². The molecule has 1 rings (SSSR count). The van der Waals surface area contributed by atoms with Crippen LogP contribution in [0.5, 0.6) is 0 Å². The summed E-state index contributed by atoms with van der Waals surface area (Å²) in [6, 6.07) is 0. The second kappa shape index (κ2) is 3.61. The van der Waals surface area contributed by atoms with Gasteiger partial charge in [0.25, 0.3) is 0 Å². The minimum absolute atomic E-state index is 0.528. The molecule has 1 heteroatoms. The Hall–Kier alpha value is 0.350. The lowest BCUT2D eigenvalue weighted by Gasteiger charge is -2.46. The summed E-state index contributed by atoms with van der Waals surface area (Å²) >= 11 is 2.14. The predicted molar refractivity (Wildman–Crippen MR) is 58.7 cm³/mol. The molecule has 1 heterocycles. The van der Waals surface area contributed by atoms with Gasteiger partial charge < -0.3 is 0 Å². The van der Waals surface area contributed by atoms with Crippen molar-refractivity contribution in [2.45, 2.75) is 47.0 Å². The molecule has 0 radical (unpaired) electrons. The van der Waals surface area contributed by atoms with Crippen LogP contribution in [0.1, 0.15) is 47.0 Å². The van der Waals surface area contributed by atoms with Crippen LogP contribution in [0.2, 0.25) is 0 Å². The van der Waals surface area contributed by atoms with Gasteiger partial charge in [0.05, 0.1) is 0 Å². The quantitative estimate of drug-likeness (QED) is 0.629. The molecule has 0 aromatic heterocycles. The topological polar surface area (TPSA) is 0 Å². The maximum Gasteiger partial charge on any atom is -0.000834 e. The Morgan fingerprint density at radius 1 is 1.42 bits per heavy atom. The van der Waals surface area contributed by atoms with Crippen molar-refractivity contribution in [3.8, 4) is 0 Å². The monoisotopic (exact) mass is 186 g/mol. The van der Waals surface area contributed by atoms with Crippen LogP contribution in [0.15, 0.2) is 0 Å². The average Bonchev–Trinajstić information content (AvgIpc) is 2.06. The van der Waals surface area contributed by atoms with E-state index in [9.17, 15) is 0 Å². The summed E-state index contributed by atoms with van der Waals surface area (Å²) in [4.78, 5) is 0. The molecule has 0 aromatic rings. The Morgan fingerprint density at radius 2 is 2.08 bits per heavy atom. The van der Waals surface area contributed by atoms with Gasteiger partial charge in [-0.2, -0.15) is 11.8 Å². The smallest absolute Gasteiger partial charge is 0.000834 e. The lowest BCUT2D eigenvalue weighted by molar-refractivity contribution is 0.0953. The maximum absolute atomic E-state index is 2.47. The van der Waals surface area contributed by atoms with Crippen LogP contribution in [0.4, 0.5) is 0 Å². The number of hydrogen-bond donors (Lipinski definition) is 0. The summed E-state index contributed by atoms with van der Waals surface area (Å²) in [6.45, 7) is 9.66. The molecule has 1 fully saturated rings. The van der Waals surface area contributed by atoms with Gasteiger partial charge in [-0.3, -0.25) is 0 Å². The molecule has 1 aliphatic rings. The summed E-state index contributed by atoms with van der Waals surface area (Å²) in [5, 5.41) is 0. The van der Waals surface area contributed by atoms with Crippen LogP contribution in [-0.2, 0) is 0 Å². The first-order chi connectivity index (χ1) is 5.52. The zero-order chi connectivity index (χ0) is 9.24. The van der Waals surface area contributed by atoms with Crippen molar-refractivity contribution in [3.05, 3.63) is 0 Å². The Labute approximate surface area is 81.5 Å². The summed E-state index contributed by atoms with van der Waals surface area (Å²) in [7, 11) is 0. The molecule has 0 aliphatic carbocycles. The average molecular weight is 186 g/mol. The number of hydrogen-bond acceptors (Lipinski definition) is 1. The lowest BCUT2D eigenvalue weighted by atomic mass is 9.64. The van der Waals surface area contributed by atoms with E-state index in [0.717, 1.165) is 0 Å². The molecule has 1 unspecified atom stereocenters. The molecular weight excluding hydrogens is 164 g/mol. The molecule has 0 spiro atoms. The number of rotatable bonds is 2. The zero-order valence-corrected chi connectivity index (χ0v) is 9.76. The third-order valence-corrected chi connectivity index (χ3v) is 5.37. The first-order valence-electron chi connectivity index (χ1n) is 5.10. The summed E-state index contributed by atoms with van der Waals surface area (Å²) in [6.07, 6.45) is 4.16. The van der Waals surface area contributed by atoms with Crippen molar-refractivity contribution >= 4 is 11.8 Å². The van der Waals surface area contributed by atoms with Crippen LogP contribution in [0.25, 0.3) is 0 Å². The molecule has 1 saturated heterocycles. The summed E-state index contributed by atoms with van der Waals surface area (Å²) in [5.74, 6) is 2.75. The molecule has 1 aliphatic heterocycles. The highest BCUT2D eigenvalue weighted by molar-refractivity contribution is 7.99. The van der Waals surface area contributed by atoms with E-state index in [1.807, 2.05) is 0 Å². The fourth-order valence-electron chi connectivity index (χ4n) is 1.89. The molecule has 0 nitrogen and oxygen atoms in total. The third kappa shape index (κ3) is 1.81. The molecule has 12 heavy (non-hydrogen) atoms. The molecular formula is C11H22S.